The molecule has 3 rings (SSSR count). The van der Waals surface area contributed by atoms with Gasteiger partial charge in [0.15, 0.2) is 5.16 Å². The second-order valence-electron chi connectivity index (χ2n) is 7.31. The van der Waals surface area contributed by atoms with Crippen molar-refractivity contribution < 1.29 is 14.3 Å². The summed E-state index contributed by atoms with van der Waals surface area (Å²) >= 11 is 2.70. The first kappa shape index (κ1) is 24.7. The summed E-state index contributed by atoms with van der Waals surface area (Å²) in [5.74, 6) is 0.351. The molecule has 1 N–H and O–H groups in total. The van der Waals surface area contributed by atoms with Gasteiger partial charge in [-0.3, -0.25) is 4.79 Å². The number of hydrogen-bond donors (Lipinski definition) is 1. The highest BCUT2D eigenvalue weighted by Gasteiger charge is 2.23. The summed E-state index contributed by atoms with van der Waals surface area (Å²) in [5, 5.41) is 12.7. The number of amides is 1. The maximum atomic E-state index is 12.7. The number of ether oxygens (including phenoxy) is 1. The molecule has 0 saturated heterocycles. The molecule has 1 amide bonds. The third kappa shape index (κ3) is 6.11. The number of allylic oxidation sites excluding steroid dienone is 1. The van der Waals surface area contributed by atoms with Crippen LogP contribution in [0.4, 0.5) is 5.00 Å². The first-order chi connectivity index (χ1) is 16.0. The Morgan fingerprint density at radius 2 is 2.00 bits per heavy atom. The van der Waals surface area contributed by atoms with E-state index in [1.54, 1.807) is 6.08 Å². The van der Waals surface area contributed by atoms with Crippen LogP contribution in [0.2, 0.25) is 0 Å². The summed E-state index contributed by atoms with van der Waals surface area (Å²) in [4.78, 5) is 26.0. The number of aryl methyl sites for hydroxylation is 3. The normalized spacial score (nSPS) is 10.8. The first-order valence-electron chi connectivity index (χ1n) is 10.7. The highest BCUT2D eigenvalue weighted by Crippen LogP contribution is 2.34. The lowest BCUT2D eigenvalue weighted by Gasteiger charge is -2.09. The van der Waals surface area contributed by atoms with Gasteiger partial charge in [-0.1, -0.05) is 55.1 Å². The van der Waals surface area contributed by atoms with E-state index in [4.69, 9.17) is 4.74 Å². The van der Waals surface area contributed by atoms with Crippen molar-refractivity contribution in [2.75, 3.05) is 18.2 Å². The van der Waals surface area contributed by atoms with Gasteiger partial charge in [-0.05, 0) is 30.9 Å². The lowest BCUT2D eigenvalue weighted by molar-refractivity contribution is -0.113. The highest BCUT2D eigenvalue weighted by atomic mass is 32.2. The van der Waals surface area contributed by atoms with Crippen molar-refractivity contribution in [3.8, 4) is 0 Å². The van der Waals surface area contributed by atoms with Gasteiger partial charge in [0.2, 0.25) is 5.91 Å². The second kappa shape index (κ2) is 11.8. The number of benzene rings is 1. The zero-order valence-electron chi connectivity index (χ0n) is 19.1. The van der Waals surface area contributed by atoms with Crippen molar-refractivity contribution in [1.82, 2.24) is 14.8 Å². The summed E-state index contributed by atoms with van der Waals surface area (Å²) in [6, 6.07) is 10.2. The van der Waals surface area contributed by atoms with Gasteiger partial charge in [0.05, 0.1) is 18.4 Å². The standard InChI is InChI=1S/C24H28N4O3S2/c1-5-14-28-19(13-12-17-10-8-7-9-11-17)26-27-24(28)32-15-20(29)25-22-21(23(30)31-4)18(6-2)16(3)33-22/h5,7-11H,1,6,12-15H2,2-4H3,(H,25,29). The predicted molar refractivity (Wildman–Crippen MR) is 133 cm³/mol. The van der Waals surface area contributed by atoms with Crippen LogP contribution in [0, 0.1) is 6.92 Å². The van der Waals surface area contributed by atoms with E-state index in [2.05, 4.69) is 34.2 Å². The Balaban J connectivity index is 1.67. The number of rotatable bonds is 11. The lowest BCUT2D eigenvalue weighted by atomic mass is 10.1. The average Bonchev–Trinajstić information content (AvgIpc) is 3.35. The molecule has 1 aromatic carbocycles. The van der Waals surface area contributed by atoms with Crippen LogP contribution in [-0.2, 0) is 35.3 Å². The molecule has 3 aromatic rings. The van der Waals surface area contributed by atoms with Gasteiger partial charge in [-0.15, -0.1) is 28.1 Å². The van der Waals surface area contributed by atoms with E-state index in [1.165, 1.54) is 35.8 Å². The Labute approximate surface area is 202 Å². The number of esters is 1. The molecule has 0 spiro atoms. The van der Waals surface area contributed by atoms with Crippen molar-refractivity contribution in [1.29, 1.82) is 0 Å². The number of thioether (sulfide) groups is 1. The van der Waals surface area contributed by atoms with E-state index in [1.807, 2.05) is 36.6 Å². The van der Waals surface area contributed by atoms with Crippen LogP contribution >= 0.6 is 23.1 Å². The molecule has 7 nitrogen and oxygen atoms in total. The number of hydrogen-bond acceptors (Lipinski definition) is 7. The average molecular weight is 485 g/mol. The number of nitrogens with one attached hydrogen (secondary N) is 1. The van der Waals surface area contributed by atoms with Crippen LogP contribution in [0.25, 0.3) is 0 Å². The van der Waals surface area contributed by atoms with Crippen molar-refractivity contribution in [2.45, 2.75) is 44.8 Å². The van der Waals surface area contributed by atoms with Gasteiger partial charge >= 0.3 is 5.97 Å². The van der Waals surface area contributed by atoms with E-state index in [-0.39, 0.29) is 11.7 Å². The van der Waals surface area contributed by atoms with Crippen molar-refractivity contribution in [3.05, 3.63) is 70.4 Å². The number of nitrogens with zero attached hydrogens (tertiary/aromatic N) is 3. The minimum absolute atomic E-state index is 0.146. The molecule has 0 radical (unpaired) electrons. The van der Waals surface area contributed by atoms with Crippen molar-refractivity contribution >= 4 is 40.0 Å². The molecule has 0 saturated carbocycles. The fraction of sp³-hybridized carbons (Fsp3) is 0.333. The molecular formula is C24H28N4O3S2. The number of methoxy groups -OCH3 is 1. The molecule has 9 heteroatoms. The molecule has 174 valence electrons. The maximum absolute atomic E-state index is 12.7. The maximum Gasteiger partial charge on any atom is 0.341 e. The number of carbonyl (C=O) groups excluding carboxylic acids is 2. The number of thiophene rings is 1. The minimum Gasteiger partial charge on any atom is -0.465 e. The third-order valence-electron chi connectivity index (χ3n) is 5.12. The van der Waals surface area contributed by atoms with Gasteiger partial charge in [0.25, 0.3) is 0 Å². The molecule has 2 aromatic heterocycles. The molecule has 0 bridgehead atoms. The van der Waals surface area contributed by atoms with Gasteiger partial charge in [-0.2, -0.15) is 0 Å². The second-order valence-corrected chi connectivity index (χ2v) is 9.47. The zero-order valence-corrected chi connectivity index (χ0v) is 20.7. The third-order valence-corrected chi connectivity index (χ3v) is 7.15. The molecule has 33 heavy (non-hydrogen) atoms. The quantitative estimate of drug-likeness (QED) is 0.241. The van der Waals surface area contributed by atoms with Crippen molar-refractivity contribution in [2.24, 2.45) is 0 Å². The first-order valence-corrected chi connectivity index (χ1v) is 12.5. The fourth-order valence-corrected chi connectivity index (χ4v) is 5.44. The summed E-state index contributed by atoms with van der Waals surface area (Å²) < 4.78 is 6.91. The smallest absolute Gasteiger partial charge is 0.341 e. The molecule has 0 aliphatic carbocycles. The SMILES string of the molecule is C=CCn1c(CCc2ccccc2)nnc1SCC(=O)Nc1sc(C)c(CC)c1C(=O)OC. The van der Waals surface area contributed by atoms with E-state index in [0.29, 0.717) is 28.7 Å². The van der Waals surface area contributed by atoms with Gasteiger partial charge in [-0.25, -0.2) is 4.79 Å². The summed E-state index contributed by atoms with van der Waals surface area (Å²) in [7, 11) is 1.35. The van der Waals surface area contributed by atoms with Crippen LogP contribution in [-0.4, -0.2) is 39.5 Å². The van der Waals surface area contributed by atoms with Crippen molar-refractivity contribution in [3.63, 3.8) is 0 Å². The van der Waals surface area contributed by atoms with Crippen LogP contribution in [0.3, 0.4) is 0 Å². The Kier molecular flexibility index (Phi) is 8.85. The zero-order chi connectivity index (χ0) is 23.8. The van der Waals surface area contributed by atoms with E-state index < -0.39 is 5.97 Å². The van der Waals surface area contributed by atoms with Crippen LogP contribution in [0.5, 0.6) is 0 Å². The Morgan fingerprint density at radius 3 is 2.67 bits per heavy atom. The van der Waals surface area contributed by atoms with Crippen LogP contribution in [0.1, 0.15) is 39.1 Å². The molecule has 2 heterocycles. The largest absolute Gasteiger partial charge is 0.465 e. The molecule has 0 aliphatic rings. The number of carbonyl (C=O) groups is 2. The van der Waals surface area contributed by atoms with Crippen LogP contribution in [0.15, 0.2) is 48.1 Å². The lowest BCUT2D eigenvalue weighted by Crippen LogP contribution is -2.16. The van der Waals surface area contributed by atoms with Crippen LogP contribution < -0.4 is 5.32 Å². The molecular weight excluding hydrogens is 456 g/mol. The summed E-state index contributed by atoms with van der Waals surface area (Å²) in [6.45, 7) is 8.32. The number of aromatic nitrogens is 3. The Morgan fingerprint density at radius 1 is 1.24 bits per heavy atom. The number of anilines is 1. The van der Waals surface area contributed by atoms with E-state index >= 15 is 0 Å². The fourth-order valence-electron chi connectivity index (χ4n) is 3.53. The molecule has 0 fully saturated rings. The van der Waals surface area contributed by atoms with Gasteiger partial charge in [0, 0.05) is 17.8 Å². The Hall–Kier alpha value is -2.91. The van der Waals surface area contributed by atoms with Gasteiger partial charge < -0.3 is 14.6 Å². The molecule has 0 unspecified atom stereocenters. The van der Waals surface area contributed by atoms with E-state index in [0.717, 1.165) is 29.1 Å². The molecule has 0 aliphatic heterocycles. The predicted octanol–water partition coefficient (Wildman–Crippen LogP) is 4.70. The topological polar surface area (TPSA) is 86.1 Å². The van der Waals surface area contributed by atoms with E-state index in [9.17, 15) is 9.59 Å². The molecule has 0 atom stereocenters. The monoisotopic (exact) mass is 484 g/mol. The highest BCUT2D eigenvalue weighted by molar-refractivity contribution is 7.99. The minimum atomic E-state index is -0.437. The Bertz CT molecular complexity index is 1120. The van der Waals surface area contributed by atoms with Gasteiger partial charge in [0.1, 0.15) is 10.8 Å². The summed E-state index contributed by atoms with van der Waals surface area (Å²) in [5.41, 5.74) is 2.58. The summed E-state index contributed by atoms with van der Waals surface area (Å²) in [6.07, 6.45) is 4.08.